The Bertz CT molecular complexity index is 1620. The molecule has 0 saturated carbocycles. The fourth-order valence-corrected chi connectivity index (χ4v) is 4.46. The number of ether oxygens (including phenoxy) is 4. The predicted molar refractivity (Wildman–Crippen MR) is 166 cm³/mol. The molecule has 2 unspecified atom stereocenters. The number of aromatic carboxylic acids is 1. The first-order valence-corrected chi connectivity index (χ1v) is 14.7. The van der Waals surface area contributed by atoms with Crippen molar-refractivity contribution in [2.45, 2.75) is 78.1 Å². The highest BCUT2D eigenvalue weighted by Gasteiger charge is 2.41. The zero-order valence-corrected chi connectivity index (χ0v) is 27.5. The van der Waals surface area contributed by atoms with Gasteiger partial charge in [0.25, 0.3) is 11.8 Å². The number of para-hydroxylation sites is 1. The van der Waals surface area contributed by atoms with Gasteiger partial charge in [-0.2, -0.15) is 14.0 Å². The molecule has 1 heterocycles. The molecule has 2 aromatic carbocycles. The van der Waals surface area contributed by atoms with Crippen LogP contribution in [0.4, 0.5) is 29.7 Å². The van der Waals surface area contributed by atoms with Crippen molar-refractivity contribution in [3.8, 4) is 11.8 Å². The van der Waals surface area contributed by atoms with Crippen molar-refractivity contribution in [3.05, 3.63) is 53.1 Å². The summed E-state index contributed by atoms with van der Waals surface area (Å²) in [4.78, 5) is 65.6. The summed E-state index contributed by atoms with van der Waals surface area (Å²) >= 11 is 0. The van der Waals surface area contributed by atoms with Crippen LogP contribution in [-0.2, 0) is 30.3 Å². The number of carboxylic acids is 1. The molecule has 0 aliphatic carbocycles. The van der Waals surface area contributed by atoms with Gasteiger partial charge in [0.1, 0.15) is 16.8 Å². The summed E-state index contributed by atoms with van der Waals surface area (Å²) in [6, 6.07) is 9.12. The van der Waals surface area contributed by atoms with E-state index < -0.39 is 77.8 Å². The van der Waals surface area contributed by atoms with Crippen LogP contribution in [0.5, 0.6) is 5.75 Å². The van der Waals surface area contributed by atoms with Gasteiger partial charge in [0.2, 0.25) is 0 Å². The van der Waals surface area contributed by atoms with Crippen molar-refractivity contribution in [1.82, 2.24) is 4.90 Å². The number of aliphatic hydroxyl groups is 1. The van der Waals surface area contributed by atoms with Gasteiger partial charge < -0.3 is 39.4 Å². The number of halogens is 2. The number of hydrogen-bond acceptors (Lipinski definition) is 11. The Morgan fingerprint density at radius 3 is 2.22 bits per heavy atom. The highest BCUT2D eigenvalue weighted by atomic mass is 19.3. The fourth-order valence-electron chi connectivity index (χ4n) is 4.46. The second kappa shape index (κ2) is 15.3. The summed E-state index contributed by atoms with van der Waals surface area (Å²) in [5.74, 6) is -4.61. The van der Waals surface area contributed by atoms with E-state index in [1.807, 2.05) is 6.07 Å². The van der Waals surface area contributed by atoms with Gasteiger partial charge in [-0.3, -0.25) is 9.59 Å². The number of carbonyl (C=O) groups is 5. The maximum Gasteiger partial charge on any atom is 0.420 e. The van der Waals surface area contributed by atoms with Crippen molar-refractivity contribution in [2.24, 2.45) is 0 Å². The van der Waals surface area contributed by atoms with Crippen LogP contribution in [-0.4, -0.2) is 88.3 Å². The average Bonchev–Trinajstić information content (AvgIpc) is 2.97. The highest BCUT2D eigenvalue weighted by molar-refractivity contribution is 6.05. The first kappa shape index (κ1) is 38.1. The van der Waals surface area contributed by atoms with Crippen molar-refractivity contribution in [3.63, 3.8) is 0 Å². The maximum atomic E-state index is 13.4. The number of alkyl halides is 2. The van der Waals surface area contributed by atoms with Crippen LogP contribution in [0.2, 0.25) is 0 Å². The molecule has 15 nitrogen and oxygen atoms in total. The molecule has 0 spiro atoms. The van der Waals surface area contributed by atoms with Gasteiger partial charge in [0.15, 0.2) is 18.0 Å². The molecule has 1 aliphatic rings. The Morgan fingerprint density at radius 1 is 1.08 bits per heavy atom. The Kier molecular flexibility index (Phi) is 11.9. The first-order chi connectivity index (χ1) is 22.7. The second-order valence-electron chi connectivity index (χ2n) is 12.6. The van der Waals surface area contributed by atoms with Gasteiger partial charge in [0.05, 0.1) is 30.5 Å². The number of carbonyl (C=O) groups excluding carboxylic acids is 4. The average molecular weight is 691 g/mol. The molecule has 3 rings (SSSR count). The van der Waals surface area contributed by atoms with Gasteiger partial charge in [-0.25, -0.2) is 19.3 Å². The third-order valence-corrected chi connectivity index (χ3v) is 6.45. The lowest BCUT2D eigenvalue weighted by atomic mass is 10.1. The summed E-state index contributed by atoms with van der Waals surface area (Å²) in [6.07, 6.45) is -6.15. The number of anilines is 2. The minimum absolute atomic E-state index is 0.0162. The number of aliphatic hydroxyl groups excluding tert-OH is 1. The van der Waals surface area contributed by atoms with E-state index in [1.165, 1.54) is 24.3 Å². The Balaban J connectivity index is 1.87. The molecule has 264 valence electrons. The van der Waals surface area contributed by atoms with Crippen molar-refractivity contribution < 1.29 is 61.9 Å². The fraction of sp³-hybridized carbons (Fsp3) is 0.438. The third kappa shape index (κ3) is 10.1. The summed E-state index contributed by atoms with van der Waals surface area (Å²) in [5, 5.41) is 32.4. The number of morpholine rings is 1. The second-order valence-corrected chi connectivity index (χ2v) is 12.6. The number of nitrogens with zero attached hydrogens (tertiary/aromatic N) is 3. The van der Waals surface area contributed by atoms with E-state index >= 15 is 0 Å². The van der Waals surface area contributed by atoms with Crippen LogP contribution in [0.15, 0.2) is 36.4 Å². The highest BCUT2D eigenvalue weighted by Crippen LogP contribution is 2.35. The minimum Gasteiger partial charge on any atom is -0.478 e. The minimum atomic E-state index is -3.43. The Labute approximate surface area is 279 Å². The van der Waals surface area contributed by atoms with Gasteiger partial charge in [0, 0.05) is 12.2 Å². The molecule has 1 saturated heterocycles. The van der Waals surface area contributed by atoms with Gasteiger partial charge in [-0.15, -0.1) is 0 Å². The van der Waals surface area contributed by atoms with Crippen molar-refractivity contribution in [1.29, 1.82) is 5.26 Å². The Morgan fingerprint density at radius 2 is 1.69 bits per heavy atom. The largest absolute Gasteiger partial charge is 0.478 e. The van der Waals surface area contributed by atoms with Crippen LogP contribution < -0.4 is 15.0 Å². The summed E-state index contributed by atoms with van der Waals surface area (Å²) in [7, 11) is 0. The zero-order chi connectivity index (χ0) is 36.8. The van der Waals surface area contributed by atoms with Crippen LogP contribution in [0.1, 0.15) is 63.0 Å². The molecule has 2 aromatic rings. The molecule has 0 bridgehead atoms. The lowest BCUT2D eigenvalue weighted by molar-refractivity contribution is -0.150. The normalized spacial score (nSPS) is 15.6. The molecule has 1 aliphatic heterocycles. The number of carboxylic acid groups (broad SMARTS) is 1. The van der Waals surface area contributed by atoms with E-state index in [0.717, 1.165) is 17.0 Å². The van der Waals surface area contributed by atoms with E-state index in [9.17, 15) is 48.2 Å². The maximum absolute atomic E-state index is 13.4. The molecule has 49 heavy (non-hydrogen) atoms. The van der Waals surface area contributed by atoms with Crippen LogP contribution in [0.3, 0.4) is 0 Å². The van der Waals surface area contributed by atoms with Crippen molar-refractivity contribution >= 4 is 41.3 Å². The number of amides is 4. The molecule has 2 atom stereocenters. The monoisotopic (exact) mass is 690 g/mol. The van der Waals surface area contributed by atoms with Crippen molar-refractivity contribution in [2.75, 3.05) is 23.4 Å². The quantitative estimate of drug-likeness (QED) is 0.338. The molecule has 17 heteroatoms. The number of hydrogen-bond donors (Lipinski definition) is 3. The van der Waals surface area contributed by atoms with E-state index in [0.29, 0.717) is 4.90 Å². The van der Waals surface area contributed by atoms with E-state index in [2.05, 4.69) is 10.1 Å². The van der Waals surface area contributed by atoms with Crippen LogP contribution in [0.25, 0.3) is 0 Å². The predicted octanol–water partition coefficient (Wildman–Crippen LogP) is 4.26. The number of nitrogens with one attached hydrogen (secondary N) is 1. The lowest BCUT2D eigenvalue weighted by Crippen LogP contribution is -2.55. The SMILES string of the molecule is CC(C)(C)OC(=O)N(Cc1cc(NC(=O)C(O)C2OCCN(c3cccc(C(=O)O)c3OC(F)F)C2=O)ccc1C#N)C(=O)OC(C)(C)C. The lowest BCUT2D eigenvalue weighted by Gasteiger charge is -2.35. The standard InChI is InChI=1S/C32H36F2N4O11/c1-31(2,3)48-29(44)38(30(45)49-32(4,5)6)16-18-14-19(11-10-17(18)15-35)36-25(40)22(39)24-26(41)37(12-13-46-24)21-9-7-8-20(27(42)43)23(21)47-28(33)34/h7-11,14,22,24,28,39H,12-13,16H2,1-6H3,(H,36,40)(H,42,43). The zero-order valence-electron chi connectivity index (χ0n) is 27.5. The molecule has 4 amide bonds. The van der Waals surface area contributed by atoms with E-state index in [4.69, 9.17) is 14.2 Å². The van der Waals surface area contributed by atoms with E-state index in [-0.39, 0.29) is 35.7 Å². The summed E-state index contributed by atoms with van der Waals surface area (Å²) < 4.78 is 46.8. The van der Waals surface area contributed by atoms with Crippen LogP contribution >= 0.6 is 0 Å². The molecule has 3 N–H and O–H groups in total. The van der Waals surface area contributed by atoms with Gasteiger partial charge in [-0.1, -0.05) is 6.07 Å². The molecule has 1 fully saturated rings. The molecule has 0 aromatic heterocycles. The number of benzene rings is 2. The Hall–Kier alpha value is -5.34. The number of nitriles is 1. The molecular weight excluding hydrogens is 654 g/mol. The summed E-state index contributed by atoms with van der Waals surface area (Å²) in [6.45, 7) is 5.04. The van der Waals surface area contributed by atoms with Crippen LogP contribution in [0, 0.1) is 11.3 Å². The summed E-state index contributed by atoms with van der Waals surface area (Å²) in [5.41, 5.74) is -2.91. The third-order valence-electron chi connectivity index (χ3n) is 6.45. The van der Waals surface area contributed by atoms with E-state index in [1.54, 1.807) is 41.5 Å². The topological polar surface area (TPSA) is 205 Å². The molecular formula is C32H36F2N4O11. The molecule has 0 radical (unpaired) electrons. The van der Waals surface area contributed by atoms with Gasteiger partial charge >= 0.3 is 24.8 Å². The first-order valence-electron chi connectivity index (χ1n) is 14.7. The smallest absolute Gasteiger partial charge is 0.420 e. The number of rotatable bonds is 9. The van der Waals surface area contributed by atoms with Gasteiger partial charge in [-0.05, 0) is 77.4 Å². The number of imide groups is 1.